The van der Waals surface area contributed by atoms with Gasteiger partial charge in [-0.1, -0.05) is 17.7 Å². The Balaban J connectivity index is 2.22. The number of rotatable bonds is 3. The SMILES string of the molecule is CNC1CCN(S(=O)(=O)c2ccc(C)cc2)C1. The third kappa shape index (κ3) is 2.51. The van der Waals surface area contributed by atoms with Gasteiger partial charge in [-0.3, -0.25) is 0 Å². The topological polar surface area (TPSA) is 49.4 Å². The summed E-state index contributed by atoms with van der Waals surface area (Å²) in [6.07, 6.45) is 0.877. The van der Waals surface area contributed by atoms with Gasteiger partial charge in [-0.05, 0) is 32.5 Å². The molecule has 1 heterocycles. The molecule has 0 aromatic heterocycles. The van der Waals surface area contributed by atoms with Crippen molar-refractivity contribution in [1.29, 1.82) is 0 Å². The molecule has 1 unspecified atom stereocenters. The van der Waals surface area contributed by atoms with Gasteiger partial charge >= 0.3 is 0 Å². The fourth-order valence-electron chi connectivity index (χ4n) is 2.04. The van der Waals surface area contributed by atoms with Crippen molar-refractivity contribution in [3.63, 3.8) is 0 Å². The monoisotopic (exact) mass is 254 g/mol. The molecule has 17 heavy (non-hydrogen) atoms. The normalized spacial score (nSPS) is 21.9. The number of sulfonamides is 1. The van der Waals surface area contributed by atoms with Crippen LogP contribution in [-0.4, -0.2) is 38.9 Å². The molecule has 5 heteroatoms. The predicted molar refractivity (Wildman–Crippen MR) is 67.4 cm³/mol. The van der Waals surface area contributed by atoms with Crippen LogP contribution < -0.4 is 5.32 Å². The third-order valence-electron chi connectivity index (χ3n) is 3.22. The lowest BCUT2D eigenvalue weighted by atomic mass is 10.2. The lowest BCUT2D eigenvalue weighted by Gasteiger charge is -2.16. The third-order valence-corrected chi connectivity index (χ3v) is 5.10. The van der Waals surface area contributed by atoms with Crippen LogP contribution >= 0.6 is 0 Å². The minimum absolute atomic E-state index is 0.273. The quantitative estimate of drug-likeness (QED) is 0.874. The van der Waals surface area contributed by atoms with Gasteiger partial charge in [0.25, 0.3) is 0 Å². The van der Waals surface area contributed by atoms with Crippen molar-refractivity contribution in [2.75, 3.05) is 20.1 Å². The minimum atomic E-state index is -3.31. The van der Waals surface area contributed by atoms with Gasteiger partial charge in [0.05, 0.1) is 4.90 Å². The Morgan fingerprint density at radius 3 is 2.47 bits per heavy atom. The maximum Gasteiger partial charge on any atom is 0.243 e. The zero-order chi connectivity index (χ0) is 12.5. The van der Waals surface area contributed by atoms with Crippen molar-refractivity contribution < 1.29 is 8.42 Å². The summed E-state index contributed by atoms with van der Waals surface area (Å²) < 4.78 is 26.2. The molecule has 1 aliphatic rings. The predicted octanol–water partition coefficient (Wildman–Crippen LogP) is 0.977. The first kappa shape index (κ1) is 12.5. The van der Waals surface area contributed by atoms with E-state index in [4.69, 9.17) is 0 Å². The zero-order valence-electron chi connectivity index (χ0n) is 10.2. The second-order valence-electron chi connectivity index (χ2n) is 4.45. The van der Waals surface area contributed by atoms with E-state index in [0.717, 1.165) is 12.0 Å². The summed E-state index contributed by atoms with van der Waals surface area (Å²) >= 11 is 0. The largest absolute Gasteiger partial charge is 0.316 e. The van der Waals surface area contributed by atoms with Crippen LogP contribution in [0.15, 0.2) is 29.2 Å². The summed E-state index contributed by atoms with van der Waals surface area (Å²) in [5.74, 6) is 0. The molecule has 1 atom stereocenters. The molecule has 1 aliphatic heterocycles. The number of nitrogens with one attached hydrogen (secondary N) is 1. The molecule has 0 saturated carbocycles. The van der Waals surface area contributed by atoms with Gasteiger partial charge in [0.15, 0.2) is 0 Å². The summed E-state index contributed by atoms with van der Waals surface area (Å²) in [7, 11) is -1.44. The van der Waals surface area contributed by atoms with Crippen LogP contribution in [0.4, 0.5) is 0 Å². The van der Waals surface area contributed by atoms with E-state index in [1.165, 1.54) is 0 Å². The van der Waals surface area contributed by atoms with Crippen LogP contribution in [0.5, 0.6) is 0 Å². The smallest absolute Gasteiger partial charge is 0.243 e. The van der Waals surface area contributed by atoms with E-state index < -0.39 is 10.0 Å². The van der Waals surface area contributed by atoms with Crippen molar-refractivity contribution in [2.45, 2.75) is 24.3 Å². The van der Waals surface area contributed by atoms with Gasteiger partial charge < -0.3 is 5.32 Å². The molecular weight excluding hydrogens is 236 g/mol. The van der Waals surface area contributed by atoms with Crippen molar-refractivity contribution in [2.24, 2.45) is 0 Å². The highest BCUT2D eigenvalue weighted by atomic mass is 32.2. The fraction of sp³-hybridized carbons (Fsp3) is 0.500. The molecule has 4 nitrogen and oxygen atoms in total. The molecule has 0 spiro atoms. The van der Waals surface area contributed by atoms with Crippen molar-refractivity contribution in [1.82, 2.24) is 9.62 Å². The first-order chi connectivity index (χ1) is 8.04. The number of likely N-dealkylation sites (N-methyl/N-ethyl adjacent to an activating group) is 1. The van der Waals surface area contributed by atoms with Gasteiger partial charge in [0.1, 0.15) is 0 Å². The maximum absolute atomic E-state index is 12.3. The summed E-state index contributed by atoms with van der Waals surface area (Å²) in [4.78, 5) is 0.389. The summed E-state index contributed by atoms with van der Waals surface area (Å²) in [6, 6.07) is 7.29. The molecular formula is C12H18N2O2S. The van der Waals surface area contributed by atoms with E-state index >= 15 is 0 Å². The summed E-state index contributed by atoms with van der Waals surface area (Å²) in [6.45, 7) is 3.11. The second-order valence-corrected chi connectivity index (χ2v) is 6.39. The van der Waals surface area contributed by atoms with Crippen molar-refractivity contribution in [3.8, 4) is 0 Å². The van der Waals surface area contributed by atoms with Crippen LogP contribution in [0.3, 0.4) is 0 Å². The van der Waals surface area contributed by atoms with Crippen LogP contribution in [0.2, 0.25) is 0 Å². The molecule has 2 rings (SSSR count). The fourth-order valence-corrected chi connectivity index (χ4v) is 3.54. The number of aryl methyl sites for hydroxylation is 1. The van der Waals surface area contributed by atoms with E-state index in [2.05, 4.69) is 5.32 Å². The van der Waals surface area contributed by atoms with E-state index in [1.807, 2.05) is 26.1 Å². The number of hydrogen-bond donors (Lipinski definition) is 1. The van der Waals surface area contributed by atoms with Crippen LogP contribution in [0, 0.1) is 6.92 Å². The Morgan fingerprint density at radius 1 is 1.29 bits per heavy atom. The molecule has 1 N–H and O–H groups in total. The molecule has 94 valence electrons. The first-order valence-corrected chi connectivity index (χ1v) is 7.22. The molecule has 0 aliphatic carbocycles. The molecule has 1 aromatic rings. The number of nitrogens with zero attached hydrogens (tertiary/aromatic N) is 1. The van der Waals surface area contributed by atoms with E-state index in [0.29, 0.717) is 18.0 Å². The number of hydrogen-bond acceptors (Lipinski definition) is 3. The van der Waals surface area contributed by atoms with Gasteiger partial charge in [0, 0.05) is 19.1 Å². The van der Waals surface area contributed by atoms with Crippen LogP contribution in [-0.2, 0) is 10.0 Å². The lowest BCUT2D eigenvalue weighted by Crippen LogP contribution is -2.33. The minimum Gasteiger partial charge on any atom is -0.316 e. The van der Waals surface area contributed by atoms with Crippen molar-refractivity contribution in [3.05, 3.63) is 29.8 Å². The Hall–Kier alpha value is -0.910. The standard InChI is InChI=1S/C12H18N2O2S/c1-10-3-5-12(6-4-10)17(15,16)14-8-7-11(9-14)13-2/h3-6,11,13H,7-9H2,1-2H3. The Morgan fingerprint density at radius 2 is 1.94 bits per heavy atom. The highest BCUT2D eigenvalue weighted by molar-refractivity contribution is 7.89. The Bertz CT molecular complexity index is 482. The van der Waals surface area contributed by atoms with Crippen LogP contribution in [0.25, 0.3) is 0 Å². The van der Waals surface area contributed by atoms with E-state index in [-0.39, 0.29) is 6.04 Å². The Kier molecular flexibility index (Phi) is 3.51. The maximum atomic E-state index is 12.3. The number of benzene rings is 1. The van der Waals surface area contributed by atoms with Gasteiger partial charge in [-0.15, -0.1) is 0 Å². The average Bonchev–Trinajstić information content (AvgIpc) is 2.78. The first-order valence-electron chi connectivity index (χ1n) is 5.78. The Labute approximate surface area is 103 Å². The van der Waals surface area contributed by atoms with Crippen LogP contribution in [0.1, 0.15) is 12.0 Å². The molecule has 0 radical (unpaired) electrons. The van der Waals surface area contributed by atoms with Gasteiger partial charge in [-0.25, -0.2) is 8.42 Å². The molecule has 1 saturated heterocycles. The molecule has 0 bridgehead atoms. The summed E-state index contributed by atoms with van der Waals surface area (Å²) in [5, 5.41) is 3.12. The highest BCUT2D eigenvalue weighted by Gasteiger charge is 2.31. The van der Waals surface area contributed by atoms with Gasteiger partial charge in [0.2, 0.25) is 10.0 Å². The second kappa shape index (κ2) is 4.76. The van der Waals surface area contributed by atoms with E-state index in [1.54, 1.807) is 16.4 Å². The molecule has 1 aromatic carbocycles. The van der Waals surface area contributed by atoms with Crippen molar-refractivity contribution >= 4 is 10.0 Å². The average molecular weight is 254 g/mol. The zero-order valence-corrected chi connectivity index (χ0v) is 11.0. The lowest BCUT2D eigenvalue weighted by molar-refractivity contribution is 0.464. The van der Waals surface area contributed by atoms with E-state index in [9.17, 15) is 8.42 Å². The highest BCUT2D eigenvalue weighted by Crippen LogP contribution is 2.21. The molecule has 0 amide bonds. The summed E-state index contributed by atoms with van der Waals surface area (Å²) in [5.41, 5.74) is 1.07. The van der Waals surface area contributed by atoms with Gasteiger partial charge in [-0.2, -0.15) is 4.31 Å². The molecule has 1 fully saturated rings.